The van der Waals surface area contributed by atoms with Gasteiger partial charge in [-0.15, -0.1) is 0 Å². The summed E-state index contributed by atoms with van der Waals surface area (Å²) in [6.07, 6.45) is 1.17. The molecular formula is C15H19N3O2. The molecule has 1 saturated heterocycles. The minimum Gasteiger partial charge on any atom is -0.393 e. The molecular weight excluding hydrogens is 254 g/mol. The van der Waals surface area contributed by atoms with Gasteiger partial charge in [0.25, 0.3) is 0 Å². The van der Waals surface area contributed by atoms with Gasteiger partial charge in [-0.25, -0.2) is 0 Å². The molecule has 5 nitrogen and oxygen atoms in total. The number of aliphatic hydroxyl groups is 1. The van der Waals surface area contributed by atoms with Gasteiger partial charge >= 0.3 is 0 Å². The first-order chi connectivity index (χ1) is 9.70. The van der Waals surface area contributed by atoms with Crippen LogP contribution in [0.4, 0.5) is 5.69 Å². The van der Waals surface area contributed by atoms with E-state index in [0.29, 0.717) is 19.4 Å². The Morgan fingerprint density at radius 1 is 1.35 bits per heavy atom. The summed E-state index contributed by atoms with van der Waals surface area (Å²) in [6, 6.07) is 11.3. The fraction of sp³-hybridized carbons (Fsp3) is 0.467. The molecule has 2 rings (SSSR count). The minimum atomic E-state index is -0.245. The average molecular weight is 273 g/mol. The summed E-state index contributed by atoms with van der Waals surface area (Å²) in [6.45, 7) is 1.80. The summed E-state index contributed by atoms with van der Waals surface area (Å²) in [5.41, 5.74) is 0.746. The SMILES string of the molecule is N#CCN(C(=O)CN1CCC(O)CC1)c1ccccc1. The summed E-state index contributed by atoms with van der Waals surface area (Å²) in [5, 5.41) is 18.4. The van der Waals surface area contributed by atoms with Crippen molar-refractivity contribution in [1.29, 1.82) is 5.26 Å². The highest BCUT2D eigenvalue weighted by atomic mass is 16.3. The molecule has 1 aromatic carbocycles. The molecule has 0 aliphatic carbocycles. The van der Waals surface area contributed by atoms with Crippen LogP contribution < -0.4 is 4.90 Å². The van der Waals surface area contributed by atoms with Crippen molar-refractivity contribution in [2.45, 2.75) is 18.9 Å². The molecule has 20 heavy (non-hydrogen) atoms. The average Bonchev–Trinajstić information content (AvgIpc) is 2.48. The lowest BCUT2D eigenvalue weighted by atomic mass is 10.1. The highest BCUT2D eigenvalue weighted by molar-refractivity contribution is 5.95. The lowest BCUT2D eigenvalue weighted by Gasteiger charge is -2.30. The van der Waals surface area contributed by atoms with Gasteiger partial charge in [0.2, 0.25) is 5.91 Å². The number of piperidine rings is 1. The molecule has 1 N–H and O–H groups in total. The number of anilines is 1. The number of carbonyl (C=O) groups excluding carboxylic acids is 1. The normalized spacial score (nSPS) is 16.6. The maximum absolute atomic E-state index is 12.4. The number of benzene rings is 1. The highest BCUT2D eigenvalue weighted by Gasteiger charge is 2.22. The number of hydrogen-bond acceptors (Lipinski definition) is 4. The van der Waals surface area contributed by atoms with Gasteiger partial charge in [-0.1, -0.05) is 18.2 Å². The maximum atomic E-state index is 12.4. The van der Waals surface area contributed by atoms with Gasteiger partial charge in [0.05, 0.1) is 18.7 Å². The van der Waals surface area contributed by atoms with Crippen LogP contribution in [-0.2, 0) is 4.79 Å². The van der Waals surface area contributed by atoms with Crippen molar-refractivity contribution in [1.82, 2.24) is 4.90 Å². The molecule has 0 aromatic heterocycles. The third-order valence-corrected chi connectivity index (χ3v) is 3.51. The highest BCUT2D eigenvalue weighted by Crippen LogP contribution is 2.15. The number of nitrogens with zero attached hydrogens (tertiary/aromatic N) is 3. The predicted octanol–water partition coefficient (Wildman–Crippen LogP) is 1.000. The Hall–Kier alpha value is -1.90. The van der Waals surface area contributed by atoms with Crippen LogP contribution in [-0.4, -0.2) is 48.2 Å². The molecule has 1 amide bonds. The lowest BCUT2D eigenvalue weighted by molar-refractivity contribution is -0.120. The molecule has 0 spiro atoms. The molecule has 106 valence electrons. The number of carbonyl (C=O) groups is 1. The first kappa shape index (κ1) is 14.5. The van der Waals surface area contributed by atoms with Crippen LogP contribution >= 0.6 is 0 Å². The van der Waals surface area contributed by atoms with Crippen LogP contribution in [0.3, 0.4) is 0 Å². The molecule has 0 radical (unpaired) electrons. The second-order valence-corrected chi connectivity index (χ2v) is 4.98. The number of aliphatic hydroxyl groups excluding tert-OH is 1. The Morgan fingerprint density at radius 3 is 2.60 bits per heavy atom. The molecule has 1 aromatic rings. The maximum Gasteiger partial charge on any atom is 0.242 e. The molecule has 1 heterocycles. The molecule has 0 unspecified atom stereocenters. The predicted molar refractivity (Wildman–Crippen MR) is 76.1 cm³/mol. The molecule has 1 fully saturated rings. The molecule has 0 bridgehead atoms. The van der Waals surface area contributed by atoms with Crippen LogP contribution in [0.5, 0.6) is 0 Å². The van der Waals surface area contributed by atoms with Crippen molar-refractivity contribution in [3.05, 3.63) is 30.3 Å². The number of nitriles is 1. The Kier molecular flexibility index (Phi) is 5.10. The zero-order valence-electron chi connectivity index (χ0n) is 11.4. The van der Waals surface area contributed by atoms with Crippen molar-refractivity contribution in [3.8, 4) is 6.07 Å². The largest absolute Gasteiger partial charge is 0.393 e. The lowest BCUT2D eigenvalue weighted by Crippen LogP contribution is -2.44. The third-order valence-electron chi connectivity index (χ3n) is 3.51. The van der Waals surface area contributed by atoms with Crippen LogP contribution in [0, 0.1) is 11.3 Å². The Labute approximate surface area is 119 Å². The van der Waals surface area contributed by atoms with E-state index in [9.17, 15) is 9.90 Å². The third kappa shape index (κ3) is 3.80. The quantitative estimate of drug-likeness (QED) is 0.831. The van der Waals surface area contributed by atoms with Crippen LogP contribution in [0.1, 0.15) is 12.8 Å². The van der Waals surface area contributed by atoms with Crippen molar-refractivity contribution < 1.29 is 9.90 Å². The molecule has 5 heteroatoms. The fourth-order valence-corrected chi connectivity index (χ4v) is 2.36. The summed E-state index contributed by atoms with van der Waals surface area (Å²) >= 11 is 0. The van der Waals surface area contributed by atoms with E-state index in [-0.39, 0.29) is 18.6 Å². The van der Waals surface area contributed by atoms with E-state index in [2.05, 4.69) is 0 Å². The number of amides is 1. The van der Waals surface area contributed by atoms with Gasteiger partial charge in [0, 0.05) is 18.8 Å². The Bertz CT molecular complexity index is 476. The molecule has 1 aliphatic rings. The fourth-order valence-electron chi connectivity index (χ4n) is 2.36. The number of hydrogen-bond donors (Lipinski definition) is 1. The van der Waals surface area contributed by atoms with Gasteiger partial charge in [0.1, 0.15) is 6.54 Å². The van der Waals surface area contributed by atoms with E-state index >= 15 is 0 Å². The summed E-state index contributed by atoms with van der Waals surface area (Å²) < 4.78 is 0. The van der Waals surface area contributed by atoms with E-state index in [0.717, 1.165) is 18.8 Å². The number of para-hydroxylation sites is 1. The summed E-state index contributed by atoms with van der Waals surface area (Å²) in [7, 11) is 0. The van der Waals surface area contributed by atoms with Gasteiger partial charge in [-0.3, -0.25) is 14.6 Å². The Morgan fingerprint density at radius 2 is 2.00 bits per heavy atom. The molecule has 0 atom stereocenters. The first-order valence-corrected chi connectivity index (χ1v) is 6.83. The number of rotatable bonds is 4. The monoisotopic (exact) mass is 273 g/mol. The second-order valence-electron chi connectivity index (χ2n) is 4.98. The van der Waals surface area contributed by atoms with E-state index in [1.165, 1.54) is 4.90 Å². The zero-order valence-corrected chi connectivity index (χ0v) is 11.4. The van der Waals surface area contributed by atoms with Gasteiger partial charge < -0.3 is 5.11 Å². The van der Waals surface area contributed by atoms with Crippen LogP contribution in [0.25, 0.3) is 0 Å². The van der Waals surface area contributed by atoms with Crippen molar-refractivity contribution in [2.75, 3.05) is 31.1 Å². The van der Waals surface area contributed by atoms with E-state index in [1.807, 2.05) is 41.3 Å². The zero-order chi connectivity index (χ0) is 14.4. The summed E-state index contributed by atoms with van der Waals surface area (Å²) in [4.78, 5) is 15.9. The smallest absolute Gasteiger partial charge is 0.242 e. The molecule has 1 aliphatic heterocycles. The van der Waals surface area contributed by atoms with Crippen molar-refractivity contribution >= 4 is 11.6 Å². The van der Waals surface area contributed by atoms with E-state index in [4.69, 9.17) is 5.26 Å². The van der Waals surface area contributed by atoms with Gasteiger partial charge in [-0.2, -0.15) is 5.26 Å². The van der Waals surface area contributed by atoms with Crippen LogP contribution in [0.15, 0.2) is 30.3 Å². The topological polar surface area (TPSA) is 67.6 Å². The molecule has 0 saturated carbocycles. The Balaban J connectivity index is 1.99. The minimum absolute atomic E-state index is 0.0549. The van der Waals surface area contributed by atoms with Crippen molar-refractivity contribution in [2.24, 2.45) is 0 Å². The van der Waals surface area contributed by atoms with Gasteiger partial charge in [0.15, 0.2) is 0 Å². The second kappa shape index (κ2) is 7.04. The van der Waals surface area contributed by atoms with Crippen molar-refractivity contribution in [3.63, 3.8) is 0 Å². The van der Waals surface area contributed by atoms with Crippen LogP contribution in [0.2, 0.25) is 0 Å². The standard InChI is InChI=1S/C15H19N3O2/c16-8-11-18(13-4-2-1-3-5-13)15(20)12-17-9-6-14(19)7-10-17/h1-5,14,19H,6-7,9-12H2. The number of likely N-dealkylation sites (tertiary alicyclic amines) is 1. The first-order valence-electron chi connectivity index (χ1n) is 6.83. The van der Waals surface area contributed by atoms with E-state index in [1.54, 1.807) is 0 Å². The van der Waals surface area contributed by atoms with E-state index < -0.39 is 0 Å². The van der Waals surface area contributed by atoms with Gasteiger partial charge in [-0.05, 0) is 25.0 Å². The summed E-state index contributed by atoms with van der Waals surface area (Å²) in [5.74, 6) is -0.0749.